The minimum atomic E-state index is -0.356. The second kappa shape index (κ2) is 7.91. The molecule has 1 N–H and O–H groups in total. The van der Waals surface area contributed by atoms with Crippen LogP contribution in [0.4, 0.5) is 4.39 Å². The van der Waals surface area contributed by atoms with E-state index in [2.05, 4.69) is 28.2 Å². The fourth-order valence-electron chi connectivity index (χ4n) is 2.61. The van der Waals surface area contributed by atoms with Crippen molar-refractivity contribution in [3.8, 4) is 0 Å². The Balaban J connectivity index is 2.32. The molecule has 0 aromatic heterocycles. The van der Waals surface area contributed by atoms with Gasteiger partial charge in [0.1, 0.15) is 5.82 Å². The molecule has 2 unspecified atom stereocenters. The van der Waals surface area contributed by atoms with Gasteiger partial charge in [0, 0.05) is 16.6 Å². The summed E-state index contributed by atoms with van der Waals surface area (Å²) in [5.74, 6) is 0.158. The first-order valence-electron chi connectivity index (χ1n) is 7.58. The minimum absolute atomic E-state index is 0.00768. The topological polar surface area (TPSA) is 21.3 Å². The monoisotopic (exact) mass is 377 g/mol. The molecular formula is C16H22BrClFNO. The lowest BCUT2D eigenvalue weighted by Gasteiger charge is -2.29. The minimum Gasteiger partial charge on any atom is -0.376 e. The van der Waals surface area contributed by atoms with Gasteiger partial charge in [-0.05, 0) is 60.6 Å². The molecule has 1 saturated carbocycles. The van der Waals surface area contributed by atoms with E-state index in [4.69, 9.17) is 16.3 Å². The highest BCUT2D eigenvalue weighted by Gasteiger charge is 2.39. The largest absolute Gasteiger partial charge is 0.376 e. The lowest BCUT2D eigenvalue weighted by Crippen LogP contribution is -2.36. The highest BCUT2D eigenvalue weighted by Crippen LogP contribution is 2.41. The summed E-state index contributed by atoms with van der Waals surface area (Å²) < 4.78 is 21.1. The van der Waals surface area contributed by atoms with Crippen molar-refractivity contribution in [3.05, 3.63) is 33.0 Å². The fraction of sp³-hybridized carbons (Fsp3) is 0.625. The molecule has 5 heteroatoms. The Hall–Kier alpha value is -0.160. The summed E-state index contributed by atoms with van der Waals surface area (Å²) >= 11 is 9.31. The second-order valence-electron chi connectivity index (χ2n) is 5.45. The summed E-state index contributed by atoms with van der Waals surface area (Å²) in [4.78, 5) is 0. The van der Waals surface area contributed by atoms with Crippen molar-refractivity contribution in [2.45, 2.75) is 45.3 Å². The van der Waals surface area contributed by atoms with E-state index in [9.17, 15) is 4.39 Å². The van der Waals surface area contributed by atoms with Crippen molar-refractivity contribution < 1.29 is 9.13 Å². The number of benzene rings is 1. The molecule has 0 aliphatic heterocycles. The van der Waals surface area contributed by atoms with Crippen molar-refractivity contribution >= 4 is 27.5 Å². The van der Waals surface area contributed by atoms with E-state index < -0.39 is 0 Å². The number of hydrogen-bond acceptors (Lipinski definition) is 2. The van der Waals surface area contributed by atoms with Gasteiger partial charge in [0.25, 0.3) is 0 Å². The third-order valence-electron chi connectivity index (χ3n) is 3.79. The molecule has 0 spiro atoms. The molecule has 0 amide bonds. The normalized spacial score (nSPS) is 17.8. The van der Waals surface area contributed by atoms with Gasteiger partial charge in [0.15, 0.2) is 0 Å². The molecule has 118 valence electrons. The van der Waals surface area contributed by atoms with E-state index in [1.165, 1.54) is 0 Å². The Kier molecular flexibility index (Phi) is 6.48. The molecule has 2 atom stereocenters. The fourth-order valence-corrected chi connectivity index (χ4v) is 3.08. The van der Waals surface area contributed by atoms with Crippen molar-refractivity contribution in [2.24, 2.45) is 5.92 Å². The van der Waals surface area contributed by atoms with E-state index in [0.717, 1.165) is 25.8 Å². The first kappa shape index (κ1) is 17.2. The van der Waals surface area contributed by atoms with Crippen LogP contribution >= 0.6 is 27.5 Å². The van der Waals surface area contributed by atoms with E-state index in [1.807, 2.05) is 6.92 Å². The van der Waals surface area contributed by atoms with E-state index in [0.29, 0.717) is 22.6 Å². The predicted molar refractivity (Wildman–Crippen MR) is 88.3 cm³/mol. The van der Waals surface area contributed by atoms with Crippen LogP contribution in [0.5, 0.6) is 0 Å². The Morgan fingerprint density at radius 1 is 1.43 bits per heavy atom. The highest BCUT2D eigenvalue weighted by atomic mass is 79.9. The lowest BCUT2D eigenvalue weighted by molar-refractivity contribution is 0.0177. The van der Waals surface area contributed by atoms with Gasteiger partial charge in [-0.3, -0.25) is 0 Å². The van der Waals surface area contributed by atoms with Gasteiger partial charge in [0.05, 0.1) is 17.2 Å². The standard InChI is InChI=1S/C16H22BrClFNO/c1-3-9-20-15(16(21-4-2)10-5-6-10)11-7-8-12(17)13(18)14(11)19/h7-8,10,15-16,20H,3-6,9H2,1-2H3. The smallest absolute Gasteiger partial charge is 0.147 e. The molecule has 1 aromatic rings. The maximum atomic E-state index is 14.6. The van der Waals surface area contributed by atoms with Gasteiger partial charge in [0.2, 0.25) is 0 Å². The van der Waals surface area contributed by atoms with Gasteiger partial charge >= 0.3 is 0 Å². The zero-order valence-electron chi connectivity index (χ0n) is 12.5. The molecule has 1 aliphatic carbocycles. The molecule has 0 heterocycles. The van der Waals surface area contributed by atoms with Crippen LogP contribution in [0.25, 0.3) is 0 Å². The van der Waals surface area contributed by atoms with Gasteiger partial charge in [-0.1, -0.05) is 24.6 Å². The molecule has 1 fully saturated rings. The average molecular weight is 379 g/mol. The van der Waals surface area contributed by atoms with Crippen molar-refractivity contribution in [3.63, 3.8) is 0 Å². The number of ether oxygens (including phenoxy) is 1. The Morgan fingerprint density at radius 3 is 2.71 bits per heavy atom. The second-order valence-corrected chi connectivity index (χ2v) is 6.69. The summed E-state index contributed by atoms with van der Waals surface area (Å²) in [5, 5.41) is 3.58. The quantitative estimate of drug-likeness (QED) is 0.636. The molecule has 2 rings (SSSR count). The van der Waals surface area contributed by atoms with Gasteiger partial charge in [-0.15, -0.1) is 0 Å². The van der Waals surface area contributed by atoms with Crippen molar-refractivity contribution in [1.82, 2.24) is 5.32 Å². The molecule has 1 aromatic carbocycles. The summed E-state index contributed by atoms with van der Waals surface area (Å²) in [5.41, 5.74) is 0.599. The molecule has 1 aliphatic rings. The van der Waals surface area contributed by atoms with Crippen molar-refractivity contribution in [2.75, 3.05) is 13.2 Å². The van der Waals surface area contributed by atoms with Gasteiger partial charge in [-0.2, -0.15) is 0 Å². The highest BCUT2D eigenvalue weighted by molar-refractivity contribution is 9.10. The third-order valence-corrected chi connectivity index (χ3v) is 5.05. The Morgan fingerprint density at radius 2 is 2.14 bits per heavy atom. The van der Waals surface area contributed by atoms with Gasteiger partial charge in [-0.25, -0.2) is 4.39 Å². The van der Waals surface area contributed by atoms with Crippen LogP contribution in [-0.2, 0) is 4.74 Å². The van der Waals surface area contributed by atoms with E-state index in [1.54, 1.807) is 12.1 Å². The van der Waals surface area contributed by atoms with Crippen molar-refractivity contribution in [1.29, 1.82) is 0 Å². The SMILES string of the molecule is CCCNC(c1ccc(Br)c(Cl)c1F)C(OCC)C1CC1. The van der Waals surface area contributed by atoms with Crippen LogP contribution in [0.15, 0.2) is 16.6 Å². The molecule has 0 bridgehead atoms. The van der Waals surface area contributed by atoms with Crippen LogP contribution < -0.4 is 5.32 Å². The Labute approximate surface area is 139 Å². The maximum Gasteiger partial charge on any atom is 0.147 e. The summed E-state index contributed by atoms with van der Waals surface area (Å²) in [6.07, 6.45) is 3.31. The van der Waals surface area contributed by atoms with Crippen LogP contribution in [-0.4, -0.2) is 19.3 Å². The number of halogens is 3. The molecule has 0 saturated heterocycles. The zero-order chi connectivity index (χ0) is 15.4. The summed E-state index contributed by atoms with van der Waals surface area (Å²) in [7, 11) is 0. The van der Waals surface area contributed by atoms with E-state index >= 15 is 0 Å². The number of nitrogens with one attached hydrogen (secondary N) is 1. The third kappa shape index (κ3) is 4.19. The predicted octanol–water partition coefficient (Wildman–Crippen LogP) is 5.10. The molecule has 21 heavy (non-hydrogen) atoms. The lowest BCUT2D eigenvalue weighted by atomic mass is 9.97. The van der Waals surface area contributed by atoms with Crippen LogP contribution in [0.3, 0.4) is 0 Å². The number of rotatable bonds is 8. The number of hydrogen-bond donors (Lipinski definition) is 1. The first-order chi connectivity index (χ1) is 10.1. The maximum absolute atomic E-state index is 14.6. The van der Waals surface area contributed by atoms with Crippen LogP contribution in [0.2, 0.25) is 5.02 Å². The van der Waals surface area contributed by atoms with Gasteiger partial charge < -0.3 is 10.1 Å². The molecule has 0 radical (unpaired) electrons. The zero-order valence-corrected chi connectivity index (χ0v) is 14.8. The first-order valence-corrected chi connectivity index (χ1v) is 8.75. The molecule has 2 nitrogen and oxygen atoms in total. The Bertz CT molecular complexity index is 482. The van der Waals surface area contributed by atoms with E-state index in [-0.39, 0.29) is 23.0 Å². The molecular weight excluding hydrogens is 357 g/mol. The van der Waals surface area contributed by atoms with Crippen LogP contribution in [0, 0.1) is 11.7 Å². The summed E-state index contributed by atoms with van der Waals surface area (Å²) in [6, 6.07) is 3.45. The average Bonchev–Trinajstić information content (AvgIpc) is 3.30. The van der Waals surface area contributed by atoms with Crippen LogP contribution in [0.1, 0.15) is 44.7 Å². The summed E-state index contributed by atoms with van der Waals surface area (Å²) in [6.45, 7) is 5.55.